The monoisotopic (exact) mass is 294 g/mol. The molecule has 1 atom stereocenters. The Kier molecular flexibility index (Phi) is 14.0. The van der Waals surface area contributed by atoms with Crippen LogP contribution in [0.3, 0.4) is 0 Å². The molecular weight excluding hydrogens is 264 g/mol. The van der Waals surface area contributed by atoms with E-state index in [1.54, 1.807) is 13.8 Å². The third-order valence-electron chi connectivity index (χ3n) is 2.33. The average Bonchev–Trinajstić information content (AvgIpc) is 2.27. The van der Waals surface area contributed by atoms with Crippen molar-refractivity contribution >= 4 is 11.9 Å². The van der Waals surface area contributed by atoms with E-state index in [1.807, 2.05) is 27.7 Å². The lowest BCUT2D eigenvalue weighted by Gasteiger charge is -2.30. The second-order valence-corrected chi connectivity index (χ2v) is 5.85. The van der Waals surface area contributed by atoms with E-state index >= 15 is 0 Å². The molecule has 0 spiro atoms. The minimum atomic E-state index is -0.833. The fraction of sp³-hybridized carbons (Fsp3) is 0.857. The zero-order chi connectivity index (χ0) is 17.1. The van der Waals surface area contributed by atoms with Crippen LogP contribution >= 0.6 is 0 Å². The molecule has 0 aliphatic carbocycles. The van der Waals surface area contributed by atoms with Gasteiger partial charge in [0.1, 0.15) is 0 Å². The maximum atomic E-state index is 9.70. The lowest BCUT2D eigenvalue weighted by atomic mass is 9.82. The van der Waals surface area contributed by atoms with Crippen LogP contribution in [0.2, 0.25) is 0 Å². The number of hydrogen-bond acceptors (Lipinski definition) is 4. The normalized spacial score (nSPS) is 11.9. The highest BCUT2D eigenvalue weighted by molar-refractivity contribution is 5.68. The molecule has 0 aliphatic rings. The summed E-state index contributed by atoms with van der Waals surface area (Å²) in [5, 5.41) is 33.8. The van der Waals surface area contributed by atoms with Crippen molar-refractivity contribution in [1.82, 2.24) is 0 Å². The van der Waals surface area contributed by atoms with E-state index in [1.165, 1.54) is 0 Å². The van der Waals surface area contributed by atoms with Gasteiger partial charge >= 0.3 is 5.97 Å². The second kappa shape index (κ2) is 11.7. The van der Waals surface area contributed by atoms with Crippen molar-refractivity contribution in [3.8, 4) is 0 Å². The number of carbonyl (C=O) groups is 2. The third kappa shape index (κ3) is 16.9. The number of hydrogen-bond donors (Lipinski definition) is 4. The summed E-state index contributed by atoms with van der Waals surface area (Å²) in [4.78, 5) is 18.7. The number of carboxylic acids is 2. The predicted molar refractivity (Wildman–Crippen MR) is 77.5 cm³/mol. The van der Waals surface area contributed by atoms with Crippen molar-refractivity contribution in [2.75, 3.05) is 6.61 Å². The van der Waals surface area contributed by atoms with Gasteiger partial charge in [0.05, 0.1) is 18.6 Å². The minimum Gasteiger partial charge on any atom is -0.481 e. The molecule has 122 valence electrons. The van der Waals surface area contributed by atoms with E-state index in [0.29, 0.717) is 0 Å². The van der Waals surface area contributed by atoms with Crippen LogP contribution in [-0.4, -0.2) is 45.1 Å². The Morgan fingerprint density at radius 3 is 1.35 bits per heavy atom. The highest BCUT2D eigenvalue weighted by atomic mass is 16.4. The molecule has 20 heavy (non-hydrogen) atoms. The summed E-state index contributed by atoms with van der Waals surface area (Å²) in [7, 11) is 0. The molecule has 0 saturated carbocycles. The van der Waals surface area contributed by atoms with Crippen LogP contribution in [-0.2, 0) is 9.59 Å². The fourth-order valence-electron chi connectivity index (χ4n) is 0.996. The summed E-state index contributed by atoms with van der Waals surface area (Å²) < 4.78 is 0. The molecule has 1 unspecified atom stereocenters. The van der Waals surface area contributed by atoms with Gasteiger partial charge in [-0.3, -0.25) is 9.59 Å². The average molecular weight is 294 g/mol. The van der Waals surface area contributed by atoms with Crippen molar-refractivity contribution in [2.45, 2.75) is 54.6 Å². The Hall–Kier alpha value is -1.14. The third-order valence-corrected chi connectivity index (χ3v) is 2.33. The smallest absolute Gasteiger partial charge is 0.305 e. The Balaban J connectivity index is -0.000000246. The van der Waals surface area contributed by atoms with Gasteiger partial charge in [-0.15, -0.1) is 0 Å². The molecule has 0 heterocycles. The van der Waals surface area contributed by atoms with Gasteiger partial charge in [-0.05, 0) is 5.92 Å². The molecule has 0 radical (unpaired) electrons. The van der Waals surface area contributed by atoms with E-state index < -0.39 is 18.0 Å². The van der Waals surface area contributed by atoms with Crippen LogP contribution in [0.4, 0.5) is 0 Å². The molecule has 0 rings (SSSR count). The zero-order valence-corrected chi connectivity index (χ0v) is 13.5. The van der Waals surface area contributed by atoms with Crippen LogP contribution in [0.15, 0.2) is 0 Å². The van der Waals surface area contributed by atoms with Crippen molar-refractivity contribution in [3.05, 3.63) is 0 Å². The predicted octanol–water partition coefficient (Wildman–Crippen LogP) is 1.84. The Morgan fingerprint density at radius 1 is 1.05 bits per heavy atom. The molecular formula is C14H30O6. The van der Waals surface area contributed by atoms with Gasteiger partial charge < -0.3 is 20.4 Å². The number of aliphatic hydroxyl groups is 2. The number of aliphatic hydroxyl groups excluding tert-OH is 2. The summed E-state index contributed by atoms with van der Waals surface area (Å²) >= 11 is 0. The van der Waals surface area contributed by atoms with Crippen molar-refractivity contribution < 1.29 is 30.0 Å². The number of carboxylic acid groups (broad SMARTS) is 2. The Morgan fingerprint density at radius 2 is 1.30 bits per heavy atom. The number of rotatable bonds is 4. The topological polar surface area (TPSA) is 115 Å². The summed E-state index contributed by atoms with van der Waals surface area (Å²) in [6.45, 7) is 12.0. The largest absolute Gasteiger partial charge is 0.481 e. The maximum absolute atomic E-state index is 9.70. The van der Waals surface area contributed by atoms with Gasteiger partial charge in [-0.2, -0.15) is 0 Å². The zero-order valence-electron chi connectivity index (χ0n) is 13.5. The first kappa shape index (κ1) is 23.9. The second-order valence-electron chi connectivity index (χ2n) is 5.85. The van der Waals surface area contributed by atoms with Gasteiger partial charge in [-0.25, -0.2) is 0 Å². The van der Waals surface area contributed by atoms with E-state index in [0.717, 1.165) is 6.92 Å². The quantitative estimate of drug-likeness (QED) is 0.629. The molecule has 4 N–H and O–H groups in total. The van der Waals surface area contributed by atoms with Gasteiger partial charge in [-0.1, -0.05) is 41.5 Å². The van der Waals surface area contributed by atoms with Crippen LogP contribution in [0, 0.1) is 17.3 Å². The first-order valence-corrected chi connectivity index (χ1v) is 6.50. The highest BCUT2D eigenvalue weighted by Gasteiger charge is 2.28. The first-order chi connectivity index (χ1) is 8.79. The van der Waals surface area contributed by atoms with Gasteiger partial charge in [0.25, 0.3) is 5.97 Å². The summed E-state index contributed by atoms with van der Waals surface area (Å²) in [6, 6.07) is 0. The summed E-state index contributed by atoms with van der Waals surface area (Å²) in [6.07, 6.45) is -0.419. The van der Waals surface area contributed by atoms with Gasteiger partial charge in [0.15, 0.2) is 0 Å². The van der Waals surface area contributed by atoms with Crippen LogP contribution < -0.4 is 0 Å². The lowest BCUT2D eigenvalue weighted by Crippen LogP contribution is -2.36. The Bertz CT molecular complexity index is 267. The van der Waals surface area contributed by atoms with E-state index in [4.69, 9.17) is 20.1 Å². The van der Waals surface area contributed by atoms with Crippen LogP contribution in [0.5, 0.6) is 0 Å². The summed E-state index contributed by atoms with van der Waals surface area (Å²) in [5.41, 5.74) is -0.367. The first-order valence-electron chi connectivity index (χ1n) is 6.50. The molecule has 0 fully saturated rings. The molecule has 0 bridgehead atoms. The molecule has 0 amide bonds. The Labute approximate surface area is 121 Å². The number of aliphatic carboxylic acids is 2. The molecule has 0 aromatic carbocycles. The van der Waals surface area contributed by atoms with E-state index in [2.05, 4.69) is 0 Å². The van der Waals surface area contributed by atoms with E-state index in [-0.39, 0.29) is 23.9 Å². The van der Waals surface area contributed by atoms with Gasteiger partial charge in [0, 0.05) is 12.3 Å². The molecule has 6 heteroatoms. The molecule has 0 aromatic heterocycles. The fourth-order valence-corrected chi connectivity index (χ4v) is 0.996. The molecule has 0 saturated heterocycles. The van der Waals surface area contributed by atoms with E-state index in [9.17, 15) is 9.90 Å². The van der Waals surface area contributed by atoms with Crippen molar-refractivity contribution in [2.24, 2.45) is 17.3 Å². The SMILES string of the molecule is CC(=O)O.CC(C)C(=O)O.CC(C)C(O)C(C)(C)CO. The van der Waals surface area contributed by atoms with Gasteiger partial charge in [0.2, 0.25) is 0 Å². The van der Waals surface area contributed by atoms with Crippen LogP contribution in [0.1, 0.15) is 48.5 Å². The summed E-state index contributed by atoms with van der Waals surface area (Å²) in [5.74, 6) is -1.60. The lowest BCUT2D eigenvalue weighted by molar-refractivity contribution is -0.140. The van der Waals surface area contributed by atoms with Crippen molar-refractivity contribution in [3.63, 3.8) is 0 Å². The van der Waals surface area contributed by atoms with Crippen molar-refractivity contribution in [1.29, 1.82) is 0 Å². The standard InChI is InChI=1S/C8H18O2.C4H8O2.C2H4O2/c1-6(2)7(10)8(3,4)5-9;1-3(2)4(5)6;1-2(3)4/h6-7,9-10H,5H2,1-4H3;3H,1-2H3,(H,5,6);1H3,(H,3,4). The van der Waals surface area contributed by atoms with Crippen LogP contribution in [0.25, 0.3) is 0 Å². The highest BCUT2D eigenvalue weighted by Crippen LogP contribution is 2.24. The molecule has 0 aromatic rings. The molecule has 0 aliphatic heterocycles. The minimum absolute atomic E-state index is 0.0341. The maximum Gasteiger partial charge on any atom is 0.305 e. The molecule has 6 nitrogen and oxygen atoms in total.